The molecule has 26 heavy (non-hydrogen) atoms. The van der Waals surface area contributed by atoms with E-state index < -0.39 is 17.4 Å². The standard InChI is InChI=1S/C22H40O4/c1-4-5-6-7-8-9-10-11-12-13-14-15-16-17-18-19(2)22(3,20(23)24)21(25)26/h11-12,19H,4-10,13-18H2,1-3H3,(H,23,24)(H,25,26). The Morgan fingerprint density at radius 2 is 1.23 bits per heavy atom. The van der Waals surface area contributed by atoms with Gasteiger partial charge in [-0.2, -0.15) is 0 Å². The van der Waals surface area contributed by atoms with E-state index >= 15 is 0 Å². The van der Waals surface area contributed by atoms with E-state index in [-0.39, 0.29) is 5.92 Å². The highest BCUT2D eigenvalue weighted by Crippen LogP contribution is 2.32. The summed E-state index contributed by atoms with van der Waals surface area (Å²) < 4.78 is 0. The summed E-state index contributed by atoms with van der Waals surface area (Å²) in [7, 11) is 0. The zero-order valence-electron chi connectivity index (χ0n) is 17.1. The lowest BCUT2D eigenvalue weighted by Gasteiger charge is -2.27. The average molecular weight is 369 g/mol. The maximum Gasteiger partial charge on any atom is 0.321 e. The molecule has 0 spiro atoms. The summed E-state index contributed by atoms with van der Waals surface area (Å²) in [6.45, 7) is 5.29. The summed E-state index contributed by atoms with van der Waals surface area (Å²) in [6, 6.07) is 0. The van der Waals surface area contributed by atoms with Gasteiger partial charge in [-0.05, 0) is 44.9 Å². The first kappa shape index (κ1) is 24.7. The van der Waals surface area contributed by atoms with Gasteiger partial charge in [-0.25, -0.2) is 0 Å². The molecule has 0 heterocycles. The van der Waals surface area contributed by atoms with E-state index in [0.29, 0.717) is 6.42 Å². The molecule has 1 atom stereocenters. The highest BCUT2D eigenvalue weighted by molar-refractivity contribution is 5.98. The summed E-state index contributed by atoms with van der Waals surface area (Å²) in [4.78, 5) is 22.5. The van der Waals surface area contributed by atoms with Crippen LogP contribution in [-0.2, 0) is 9.59 Å². The number of unbranched alkanes of at least 4 members (excludes halogenated alkanes) is 10. The highest BCUT2D eigenvalue weighted by Gasteiger charge is 2.46. The maximum absolute atomic E-state index is 11.3. The summed E-state index contributed by atoms with van der Waals surface area (Å²) in [6.07, 6.45) is 19.7. The van der Waals surface area contributed by atoms with Crippen molar-refractivity contribution in [2.24, 2.45) is 11.3 Å². The first-order chi connectivity index (χ1) is 12.4. The minimum atomic E-state index is -1.68. The Morgan fingerprint density at radius 3 is 1.69 bits per heavy atom. The fourth-order valence-electron chi connectivity index (χ4n) is 3.15. The average Bonchev–Trinajstić information content (AvgIpc) is 2.60. The van der Waals surface area contributed by atoms with Crippen LogP contribution in [0.3, 0.4) is 0 Å². The smallest absolute Gasteiger partial charge is 0.321 e. The van der Waals surface area contributed by atoms with Crippen LogP contribution in [0.15, 0.2) is 12.2 Å². The SMILES string of the molecule is CCCCCCCCC=CCCCCCCC(C)C(C)(C(=O)O)C(=O)O. The Balaban J connectivity index is 3.65. The summed E-state index contributed by atoms with van der Waals surface area (Å²) in [5, 5.41) is 18.4. The molecule has 0 aliphatic heterocycles. The van der Waals surface area contributed by atoms with Gasteiger partial charge in [0, 0.05) is 0 Å². The fourth-order valence-corrected chi connectivity index (χ4v) is 3.15. The predicted molar refractivity (Wildman–Crippen MR) is 107 cm³/mol. The third kappa shape index (κ3) is 9.98. The number of allylic oxidation sites excluding steroid dienone is 2. The van der Waals surface area contributed by atoms with E-state index in [4.69, 9.17) is 0 Å². The van der Waals surface area contributed by atoms with Gasteiger partial charge in [-0.15, -0.1) is 0 Å². The highest BCUT2D eigenvalue weighted by atomic mass is 16.4. The van der Waals surface area contributed by atoms with E-state index in [1.807, 2.05) is 0 Å². The van der Waals surface area contributed by atoms with Crippen LogP contribution in [0.1, 0.15) is 104 Å². The van der Waals surface area contributed by atoms with E-state index in [1.165, 1.54) is 51.9 Å². The molecule has 0 aliphatic carbocycles. The minimum absolute atomic E-state index is 0.366. The van der Waals surface area contributed by atoms with Crippen molar-refractivity contribution in [3.8, 4) is 0 Å². The van der Waals surface area contributed by atoms with Crippen molar-refractivity contribution in [3.05, 3.63) is 12.2 Å². The van der Waals surface area contributed by atoms with E-state index in [1.54, 1.807) is 6.92 Å². The van der Waals surface area contributed by atoms with Crippen LogP contribution in [0.4, 0.5) is 0 Å². The lowest BCUT2D eigenvalue weighted by molar-refractivity contribution is -0.167. The van der Waals surface area contributed by atoms with Crippen molar-refractivity contribution in [2.75, 3.05) is 0 Å². The summed E-state index contributed by atoms with van der Waals surface area (Å²) in [5.41, 5.74) is -1.68. The van der Waals surface area contributed by atoms with E-state index in [2.05, 4.69) is 19.1 Å². The zero-order chi connectivity index (χ0) is 19.8. The van der Waals surface area contributed by atoms with Crippen LogP contribution in [0.25, 0.3) is 0 Å². The van der Waals surface area contributed by atoms with Crippen molar-refractivity contribution < 1.29 is 19.8 Å². The number of carboxylic acids is 2. The number of carboxylic acid groups (broad SMARTS) is 2. The summed E-state index contributed by atoms with van der Waals surface area (Å²) >= 11 is 0. The zero-order valence-corrected chi connectivity index (χ0v) is 17.1. The molecule has 4 heteroatoms. The van der Waals surface area contributed by atoms with Crippen LogP contribution in [-0.4, -0.2) is 22.2 Å². The molecule has 4 nitrogen and oxygen atoms in total. The van der Waals surface area contributed by atoms with Gasteiger partial charge in [-0.1, -0.05) is 77.4 Å². The molecule has 0 saturated heterocycles. The van der Waals surface area contributed by atoms with Gasteiger partial charge in [0.15, 0.2) is 5.41 Å². The van der Waals surface area contributed by atoms with Gasteiger partial charge in [0.05, 0.1) is 0 Å². The molecule has 0 radical (unpaired) electrons. The van der Waals surface area contributed by atoms with Crippen LogP contribution in [0, 0.1) is 11.3 Å². The number of carbonyl (C=O) groups is 2. The number of aliphatic carboxylic acids is 2. The van der Waals surface area contributed by atoms with Crippen LogP contribution in [0.5, 0.6) is 0 Å². The molecule has 0 amide bonds. The van der Waals surface area contributed by atoms with Crippen molar-refractivity contribution in [2.45, 2.75) is 104 Å². The monoisotopic (exact) mass is 368 g/mol. The summed E-state index contributed by atoms with van der Waals surface area (Å²) in [5.74, 6) is -2.85. The third-order valence-corrected chi connectivity index (χ3v) is 5.52. The van der Waals surface area contributed by atoms with Gasteiger partial charge in [-0.3, -0.25) is 9.59 Å². The predicted octanol–water partition coefficient (Wildman–Crippen LogP) is 6.45. The first-order valence-corrected chi connectivity index (χ1v) is 10.5. The number of hydrogen-bond donors (Lipinski definition) is 2. The molecule has 2 N–H and O–H groups in total. The van der Waals surface area contributed by atoms with Gasteiger partial charge in [0.1, 0.15) is 0 Å². The van der Waals surface area contributed by atoms with Crippen molar-refractivity contribution in [1.29, 1.82) is 0 Å². The van der Waals surface area contributed by atoms with E-state index in [9.17, 15) is 19.8 Å². The number of rotatable bonds is 17. The molecule has 0 aromatic rings. The molecule has 0 saturated carbocycles. The van der Waals surface area contributed by atoms with Crippen LogP contribution >= 0.6 is 0 Å². The Morgan fingerprint density at radius 1 is 0.808 bits per heavy atom. The van der Waals surface area contributed by atoms with Crippen LogP contribution < -0.4 is 0 Å². The molecule has 0 bridgehead atoms. The van der Waals surface area contributed by atoms with Crippen LogP contribution in [0.2, 0.25) is 0 Å². The minimum Gasteiger partial charge on any atom is -0.480 e. The Kier molecular flexibility index (Phi) is 14.1. The molecule has 0 rings (SSSR count). The second-order valence-electron chi connectivity index (χ2n) is 7.73. The first-order valence-electron chi connectivity index (χ1n) is 10.5. The van der Waals surface area contributed by atoms with E-state index in [0.717, 1.165) is 32.1 Å². The molecule has 0 aromatic carbocycles. The van der Waals surface area contributed by atoms with Gasteiger partial charge in [0.2, 0.25) is 0 Å². The van der Waals surface area contributed by atoms with Gasteiger partial charge < -0.3 is 10.2 Å². The second kappa shape index (κ2) is 14.8. The Bertz CT molecular complexity index is 400. The Labute approximate surface area is 160 Å². The lowest BCUT2D eigenvalue weighted by atomic mass is 9.75. The third-order valence-electron chi connectivity index (χ3n) is 5.52. The van der Waals surface area contributed by atoms with Gasteiger partial charge in [0.25, 0.3) is 0 Å². The second-order valence-corrected chi connectivity index (χ2v) is 7.73. The van der Waals surface area contributed by atoms with Crippen molar-refractivity contribution in [3.63, 3.8) is 0 Å². The Hall–Kier alpha value is -1.32. The van der Waals surface area contributed by atoms with Crippen molar-refractivity contribution >= 4 is 11.9 Å². The maximum atomic E-state index is 11.3. The molecular formula is C22H40O4. The van der Waals surface area contributed by atoms with Gasteiger partial charge >= 0.3 is 11.9 Å². The molecule has 0 fully saturated rings. The van der Waals surface area contributed by atoms with Crippen molar-refractivity contribution in [1.82, 2.24) is 0 Å². The normalized spacial score (nSPS) is 13.2. The molecule has 0 aromatic heterocycles. The molecule has 1 unspecified atom stereocenters. The number of hydrogen-bond acceptors (Lipinski definition) is 2. The topological polar surface area (TPSA) is 74.6 Å². The molecule has 152 valence electrons. The fraction of sp³-hybridized carbons (Fsp3) is 0.818. The lowest BCUT2D eigenvalue weighted by Crippen LogP contribution is -2.42. The quantitative estimate of drug-likeness (QED) is 0.176. The molecular weight excluding hydrogens is 328 g/mol. The largest absolute Gasteiger partial charge is 0.480 e. The molecule has 0 aliphatic rings.